The number of rotatable bonds is 3. The summed E-state index contributed by atoms with van der Waals surface area (Å²) in [6.45, 7) is 1.79. The quantitative estimate of drug-likeness (QED) is 0.785. The van der Waals surface area contributed by atoms with Crippen LogP contribution in [0.2, 0.25) is 0 Å². The van der Waals surface area contributed by atoms with E-state index in [0.717, 1.165) is 12.8 Å². The molecular weight excluding hydrogens is 200 g/mol. The fourth-order valence-electron chi connectivity index (χ4n) is 1.56. The maximum absolute atomic E-state index is 8.73. The van der Waals surface area contributed by atoms with E-state index in [-0.39, 0.29) is 0 Å². The molecule has 0 amide bonds. The predicted octanol–water partition coefficient (Wildman–Crippen LogP) is 2.64. The van der Waals surface area contributed by atoms with Gasteiger partial charge in [0.25, 0.3) is 0 Å². The average molecular weight is 212 g/mol. The summed E-state index contributed by atoms with van der Waals surface area (Å²) in [5.74, 6) is 0.959. The summed E-state index contributed by atoms with van der Waals surface area (Å²) in [7, 11) is 0. The third-order valence-electron chi connectivity index (χ3n) is 2.41. The number of nitriles is 1. The van der Waals surface area contributed by atoms with Crippen molar-refractivity contribution >= 4 is 0 Å². The summed E-state index contributed by atoms with van der Waals surface area (Å²) in [6.07, 6.45) is 1.61. The van der Waals surface area contributed by atoms with Gasteiger partial charge in [-0.15, -0.1) is 0 Å². The van der Waals surface area contributed by atoms with E-state index in [1.165, 1.54) is 5.56 Å². The molecule has 1 aromatic carbocycles. The number of oxazole rings is 1. The van der Waals surface area contributed by atoms with Gasteiger partial charge in [-0.25, -0.2) is 4.98 Å². The number of nitrogens with zero attached hydrogens (tertiary/aromatic N) is 2. The molecule has 0 bridgehead atoms. The highest BCUT2D eigenvalue weighted by molar-refractivity contribution is 5.22. The van der Waals surface area contributed by atoms with E-state index >= 15 is 0 Å². The molecule has 0 aliphatic heterocycles. The molecule has 16 heavy (non-hydrogen) atoms. The van der Waals surface area contributed by atoms with Crippen molar-refractivity contribution in [3.8, 4) is 6.07 Å². The van der Waals surface area contributed by atoms with Crippen LogP contribution >= 0.6 is 0 Å². The highest BCUT2D eigenvalue weighted by atomic mass is 16.4. The molecule has 0 fully saturated rings. The Morgan fingerprint density at radius 2 is 2.00 bits per heavy atom. The van der Waals surface area contributed by atoms with Gasteiger partial charge in [-0.05, 0) is 18.9 Å². The molecule has 0 unspecified atom stereocenters. The molecule has 0 radical (unpaired) electrons. The zero-order chi connectivity index (χ0) is 11.4. The fourth-order valence-corrected chi connectivity index (χ4v) is 1.56. The molecule has 0 aliphatic carbocycles. The third kappa shape index (κ3) is 2.29. The molecular formula is C13H12N2O. The van der Waals surface area contributed by atoms with Gasteiger partial charge in [0.1, 0.15) is 6.07 Å². The Bertz CT molecular complexity index is 508. The van der Waals surface area contributed by atoms with Gasteiger partial charge in [0.15, 0.2) is 5.89 Å². The molecule has 3 heteroatoms. The zero-order valence-corrected chi connectivity index (χ0v) is 9.10. The average Bonchev–Trinajstić information content (AvgIpc) is 2.69. The first-order chi connectivity index (χ1) is 7.79. The van der Waals surface area contributed by atoms with E-state index in [9.17, 15) is 0 Å². The van der Waals surface area contributed by atoms with Crippen LogP contribution in [0.5, 0.6) is 0 Å². The molecule has 80 valence electrons. The highest BCUT2D eigenvalue weighted by Crippen LogP contribution is 2.11. The van der Waals surface area contributed by atoms with E-state index in [4.69, 9.17) is 9.68 Å². The van der Waals surface area contributed by atoms with Crippen LogP contribution in [0.3, 0.4) is 0 Å². The Labute approximate surface area is 94.4 Å². The molecule has 2 rings (SSSR count). The Balaban J connectivity index is 2.03. The van der Waals surface area contributed by atoms with E-state index in [1.807, 2.05) is 24.3 Å². The predicted molar refractivity (Wildman–Crippen MR) is 59.8 cm³/mol. The minimum absolute atomic E-state index is 0.322. The van der Waals surface area contributed by atoms with Gasteiger partial charge >= 0.3 is 0 Å². The van der Waals surface area contributed by atoms with Gasteiger partial charge in [-0.1, -0.05) is 30.3 Å². The normalized spacial score (nSPS) is 10.0. The van der Waals surface area contributed by atoms with Crippen LogP contribution in [0.25, 0.3) is 0 Å². The number of hydrogen-bond acceptors (Lipinski definition) is 3. The van der Waals surface area contributed by atoms with Crippen molar-refractivity contribution in [3.05, 3.63) is 53.2 Å². The summed E-state index contributed by atoms with van der Waals surface area (Å²) >= 11 is 0. The molecule has 0 aliphatic rings. The molecule has 0 atom stereocenters. The third-order valence-corrected chi connectivity index (χ3v) is 2.41. The minimum atomic E-state index is 0.322. The first kappa shape index (κ1) is 10.4. The van der Waals surface area contributed by atoms with Gasteiger partial charge in [-0.3, -0.25) is 0 Å². The van der Waals surface area contributed by atoms with Gasteiger partial charge in [-0.2, -0.15) is 5.26 Å². The van der Waals surface area contributed by atoms with Crippen molar-refractivity contribution in [1.29, 1.82) is 5.26 Å². The van der Waals surface area contributed by atoms with Crippen LogP contribution in [0.4, 0.5) is 0 Å². The molecule has 3 nitrogen and oxygen atoms in total. The van der Waals surface area contributed by atoms with Crippen LogP contribution in [0.15, 0.2) is 34.7 Å². The molecule has 1 heterocycles. The van der Waals surface area contributed by atoms with Crippen molar-refractivity contribution in [2.75, 3.05) is 0 Å². The van der Waals surface area contributed by atoms with Crippen LogP contribution < -0.4 is 0 Å². The molecule has 2 aromatic rings. The number of hydrogen-bond donors (Lipinski definition) is 0. The SMILES string of the molecule is Cc1nc(CCc2ccccc2)oc1C#N. The monoisotopic (exact) mass is 212 g/mol. The summed E-state index contributed by atoms with van der Waals surface area (Å²) in [6, 6.07) is 12.1. The molecule has 0 saturated carbocycles. The Kier molecular flexibility index (Phi) is 3.02. The molecule has 0 spiro atoms. The van der Waals surface area contributed by atoms with Crippen molar-refractivity contribution in [2.24, 2.45) is 0 Å². The fraction of sp³-hybridized carbons (Fsp3) is 0.231. The van der Waals surface area contributed by atoms with Crippen molar-refractivity contribution < 1.29 is 4.42 Å². The maximum Gasteiger partial charge on any atom is 0.226 e. The summed E-state index contributed by atoms with van der Waals surface area (Å²) in [4.78, 5) is 4.21. The Morgan fingerprint density at radius 1 is 1.25 bits per heavy atom. The molecule has 0 N–H and O–H groups in total. The molecule has 1 aromatic heterocycles. The lowest BCUT2D eigenvalue weighted by atomic mass is 10.1. The lowest BCUT2D eigenvalue weighted by Crippen LogP contribution is -1.90. The van der Waals surface area contributed by atoms with E-state index < -0.39 is 0 Å². The number of aryl methyl sites for hydroxylation is 3. The van der Waals surface area contributed by atoms with Crippen LogP contribution in [-0.2, 0) is 12.8 Å². The number of benzene rings is 1. The lowest BCUT2D eigenvalue weighted by molar-refractivity contribution is 0.483. The second-order valence-electron chi connectivity index (χ2n) is 3.62. The largest absolute Gasteiger partial charge is 0.430 e. The topological polar surface area (TPSA) is 49.8 Å². The highest BCUT2D eigenvalue weighted by Gasteiger charge is 2.08. The van der Waals surface area contributed by atoms with E-state index in [1.54, 1.807) is 6.92 Å². The van der Waals surface area contributed by atoms with Crippen LogP contribution in [0.1, 0.15) is 22.9 Å². The summed E-state index contributed by atoms with van der Waals surface area (Å²) < 4.78 is 5.31. The van der Waals surface area contributed by atoms with Crippen molar-refractivity contribution in [2.45, 2.75) is 19.8 Å². The standard InChI is InChI=1S/C13H12N2O/c1-10-12(9-14)16-13(15-10)8-7-11-5-3-2-4-6-11/h2-6H,7-8H2,1H3. The zero-order valence-electron chi connectivity index (χ0n) is 9.10. The number of aromatic nitrogens is 1. The first-order valence-corrected chi connectivity index (χ1v) is 5.20. The Hall–Kier alpha value is -2.08. The van der Waals surface area contributed by atoms with Gasteiger partial charge in [0.2, 0.25) is 5.76 Å². The van der Waals surface area contributed by atoms with Crippen LogP contribution in [-0.4, -0.2) is 4.98 Å². The summed E-state index contributed by atoms with van der Waals surface area (Å²) in [5.41, 5.74) is 1.92. The molecule has 0 saturated heterocycles. The lowest BCUT2D eigenvalue weighted by Gasteiger charge is -1.96. The van der Waals surface area contributed by atoms with Crippen molar-refractivity contribution in [1.82, 2.24) is 4.98 Å². The Morgan fingerprint density at radius 3 is 2.62 bits per heavy atom. The van der Waals surface area contributed by atoms with E-state index in [0.29, 0.717) is 17.3 Å². The maximum atomic E-state index is 8.73. The minimum Gasteiger partial charge on any atom is -0.430 e. The van der Waals surface area contributed by atoms with Crippen LogP contribution in [0, 0.1) is 18.3 Å². The summed E-state index contributed by atoms with van der Waals surface area (Å²) in [5, 5.41) is 8.73. The first-order valence-electron chi connectivity index (χ1n) is 5.20. The van der Waals surface area contributed by atoms with Gasteiger partial charge < -0.3 is 4.42 Å². The van der Waals surface area contributed by atoms with Gasteiger partial charge in [0, 0.05) is 6.42 Å². The second kappa shape index (κ2) is 4.63. The van der Waals surface area contributed by atoms with Gasteiger partial charge in [0.05, 0.1) is 5.69 Å². The second-order valence-corrected chi connectivity index (χ2v) is 3.62. The smallest absolute Gasteiger partial charge is 0.226 e. The van der Waals surface area contributed by atoms with Crippen molar-refractivity contribution in [3.63, 3.8) is 0 Å². The van der Waals surface area contributed by atoms with E-state index in [2.05, 4.69) is 17.1 Å².